The Kier molecular flexibility index (Phi) is 4.53. The van der Waals surface area contributed by atoms with Crippen molar-refractivity contribution in [1.29, 1.82) is 0 Å². The topological polar surface area (TPSA) is 76.2 Å². The molecule has 0 radical (unpaired) electrons. The Hall–Kier alpha value is -2.58. The zero-order chi connectivity index (χ0) is 19.0. The SMILES string of the molecule is CN(CCCN1C(=O)c2ccccc2S1(=O)=O)C1COc2ccccc2O1. The highest BCUT2D eigenvalue weighted by atomic mass is 32.2. The van der Waals surface area contributed by atoms with Crippen LogP contribution in [0.5, 0.6) is 11.5 Å². The number of likely N-dealkylation sites (N-methyl/N-ethyl adjacent to an activating group) is 1. The van der Waals surface area contributed by atoms with Gasteiger partial charge in [-0.3, -0.25) is 9.69 Å². The lowest BCUT2D eigenvalue weighted by Crippen LogP contribution is -2.44. The molecular formula is C19H20N2O5S. The van der Waals surface area contributed by atoms with Gasteiger partial charge in [-0.1, -0.05) is 24.3 Å². The lowest BCUT2D eigenvalue weighted by Gasteiger charge is -2.32. The van der Waals surface area contributed by atoms with E-state index < -0.39 is 15.9 Å². The van der Waals surface area contributed by atoms with Crippen molar-refractivity contribution in [3.63, 3.8) is 0 Å². The Morgan fingerprint density at radius 1 is 1.11 bits per heavy atom. The van der Waals surface area contributed by atoms with Crippen LogP contribution >= 0.6 is 0 Å². The van der Waals surface area contributed by atoms with Crippen molar-refractivity contribution in [3.8, 4) is 11.5 Å². The Morgan fingerprint density at radius 2 is 1.81 bits per heavy atom. The van der Waals surface area contributed by atoms with Crippen LogP contribution in [0.2, 0.25) is 0 Å². The van der Waals surface area contributed by atoms with E-state index in [1.807, 2.05) is 36.2 Å². The number of hydrogen-bond donors (Lipinski definition) is 0. The minimum Gasteiger partial charge on any atom is -0.484 e. The molecule has 0 spiro atoms. The number of sulfonamides is 1. The van der Waals surface area contributed by atoms with E-state index >= 15 is 0 Å². The van der Waals surface area contributed by atoms with Crippen LogP contribution in [-0.2, 0) is 10.0 Å². The molecule has 1 atom stereocenters. The van der Waals surface area contributed by atoms with Crippen LogP contribution in [-0.4, -0.2) is 56.5 Å². The van der Waals surface area contributed by atoms with Crippen molar-refractivity contribution < 1.29 is 22.7 Å². The molecule has 8 heteroatoms. The fourth-order valence-corrected chi connectivity index (χ4v) is 4.89. The highest BCUT2D eigenvalue weighted by Gasteiger charge is 2.40. The maximum Gasteiger partial charge on any atom is 0.269 e. The molecule has 1 amide bonds. The first-order valence-corrected chi connectivity index (χ1v) is 10.2. The molecule has 0 bridgehead atoms. The van der Waals surface area contributed by atoms with Gasteiger partial charge in [0.1, 0.15) is 11.5 Å². The summed E-state index contributed by atoms with van der Waals surface area (Å²) in [5, 5.41) is 0. The number of nitrogens with zero attached hydrogens (tertiary/aromatic N) is 2. The number of hydrogen-bond acceptors (Lipinski definition) is 6. The number of carbonyl (C=O) groups excluding carboxylic acids is 1. The zero-order valence-corrected chi connectivity index (χ0v) is 15.7. The van der Waals surface area contributed by atoms with Gasteiger partial charge in [0.25, 0.3) is 15.9 Å². The van der Waals surface area contributed by atoms with Gasteiger partial charge in [0.05, 0.1) is 5.56 Å². The molecule has 0 aromatic heterocycles. The normalized spacial score (nSPS) is 20.0. The summed E-state index contributed by atoms with van der Waals surface area (Å²) in [6.07, 6.45) is 0.236. The van der Waals surface area contributed by atoms with Crippen LogP contribution in [0.3, 0.4) is 0 Å². The molecule has 0 N–H and O–H groups in total. The maximum absolute atomic E-state index is 12.6. The van der Waals surface area contributed by atoms with E-state index in [0.717, 1.165) is 4.31 Å². The van der Waals surface area contributed by atoms with Gasteiger partial charge < -0.3 is 9.47 Å². The highest BCUT2D eigenvalue weighted by Crippen LogP contribution is 2.32. The molecule has 2 aliphatic heterocycles. The summed E-state index contributed by atoms with van der Waals surface area (Å²) in [7, 11) is -1.86. The fourth-order valence-electron chi connectivity index (χ4n) is 3.29. The Labute approximate surface area is 158 Å². The lowest BCUT2D eigenvalue weighted by atomic mass is 10.2. The molecule has 2 aliphatic rings. The predicted molar refractivity (Wildman–Crippen MR) is 98.3 cm³/mol. The third-order valence-corrected chi connectivity index (χ3v) is 6.61. The van der Waals surface area contributed by atoms with E-state index in [-0.39, 0.29) is 23.2 Å². The third-order valence-electron chi connectivity index (χ3n) is 4.77. The second-order valence-corrected chi connectivity index (χ2v) is 8.37. The first kappa shape index (κ1) is 17.8. The Morgan fingerprint density at radius 3 is 2.59 bits per heavy atom. The number of benzene rings is 2. The first-order chi connectivity index (χ1) is 13.0. The molecule has 1 unspecified atom stereocenters. The van der Waals surface area contributed by atoms with Gasteiger partial charge in [0.15, 0.2) is 17.7 Å². The summed E-state index contributed by atoms with van der Waals surface area (Å²) in [5.41, 5.74) is 0.242. The zero-order valence-electron chi connectivity index (χ0n) is 14.9. The summed E-state index contributed by atoms with van der Waals surface area (Å²) in [6, 6.07) is 13.8. The molecule has 7 nitrogen and oxygen atoms in total. The second-order valence-electron chi connectivity index (χ2n) is 6.54. The number of carbonyl (C=O) groups is 1. The van der Waals surface area contributed by atoms with E-state index in [1.54, 1.807) is 18.2 Å². The molecule has 0 saturated carbocycles. The summed E-state index contributed by atoms with van der Waals surface area (Å²) >= 11 is 0. The van der Waals surface area contributed by atoms with Crippen LogP contribution < -0.4 is 9.47 Å². The monoisotopic (exact) mass is 388 g/mol. The van der Waals surface area contributed by atoms with E-state index in [4.69, 9.17) is 9.47 Å². The molecule has 0 saturated heterocycles. The lowest BCUT2D eigenvalue weighted by molar-refractivity contribution is -0.0158. The van der Waals surface area contributed by atoms with Crippen molar-refractivity contribution >= 4 is 15.9 Å². The van der Waals surface area contributed by atoms with Crippen molar-refractivity contribution in [1.82, 2.24) is 9.21 Å². The number of amides is 1. The molecule has 4 rings (SSSR count). The predicted octanol–water partition coefficient (Wildman–Crippen LogP) is 1.95. The Balaban J connectivity index is 1.36. The molecule has 2 aromatic rings. The van der Waals surface area contributed by atoms with Crippen molar-refractivity contribution in [2.24, 2.45) is 0 Å². The van der Waals surface area contributed by atoms with Gasteiger partial charge in [-0.25, -0.2) is 12.7 Å². The Bertz CT molecular complexity index is 976. The first-order valence-electron chi connectivity index (χ1n) is 8.73. The van der Waals surface area contributed by atoms with Crippen LogP contribution in [0.15, 0.2) is 53.4 Å². The van der Waals surface area contributed by atoms with Crippen LogP contribution in [0.1, 0.15) is 16.8 Å². The minimum atomic E-state index is -3.75. The maximum atomic E-state index is 12.6. The van der Waals surface area contributed by atoms with Gasteiger partial charge in [0, 0.05) is 13.1 Å². The molecule has 0 fully saturated rings. The van der Waals surface area contributed by atoms with Crippen molar-refractivity contribution in [3.05, 3.63) is 54.1 Å². The summed E-state index contributed by atoms with van der Waals surface area (Å²) in [4.78, 5) is 14.5. The molecule has 2 heterocycles. The van der Waals surface area contributed by atoms with E-state index in [2.05, 4.69) is 0 Å². The standard InChI is InChI=1S/C19H20N2O5S/c1-20(18-13-25-15-8-3-4-9-16(15)26-18)11-6-12-21-19(22)14-7-2-5-10-17(14)27(21,23)24/h2-5,7-10,18H,6,11-13H2,1H3. The highest BCUT2D eigenvalue weighted by molar-refractivity contribution is 7.90. The number of rotatable bonds is 5. The van der Waals surface area contributed by atoms with Crippen LogP contribution in [0.25, 0.3) is 0 Å². The number of ether oxygens (including phenoxy) is 2. The summed E-state index contributed by atoms with van der Waals surface area (Å²) < 4.78 is 37.7. The second kappa shape index (κ2) is 6.86. The minimum absolute atomic E-state index is 0.0870. The van der Waals surface area contributed by atoms with E-state index in [1.165, 1.54) is 6.07 Å². The quantitative estimate of drug-likeness (QED) is 0.779. The molecule has 27 heavy (non-hydrogen) atoms. The molecular weight excluding hydrogens is 368 g/mol. The van der Waals surface area contributed by atoms with Crippen molar-refractivity contribution in [2.45, 2.75) is 17.5 Å². The average molecular weight is 388 g/mol. The van der Waals surface area contributed by atoms with Gasteiger partial charge in [-0.05, 0) is 37.7 Å². The summed E-state index contributed by atoms with van der Waals surface area (Å²) in [5.74, 6) is 0.946. The molecule has 2 aromatic carbocycles. The van der Waals surface area contributed by atoms with E-state index in [0.29, 0.717) is 31.1 Å². The number of para-hydroxylation sites is 2. The smallest absolute Gasteiger partial charge is 0.269 e. The average Bonchev–Trinajstić information content (AvgIpc) is 2.88. The van der Waals surface area contributed by atoms with Gasteiger partial charge in [0.2, 0.25) is 0 Å². The molecule has 142 valence electrons. The van der Waals surface area contributed by atoms with Gasteiger partial charge >= 0.3 is 0 Å². The van der Waals surface area contributed by atoms with Crippen LogP contribution in [0.4, 0.5) is 0 Å². The van der Waals surface area contributed by atoms with Crippen molar-refractivity contribution in [2.75, 3.05) is 26.7 Å². The summed E-state index contributed by atoms with van der Waals surface area (Å²) in [6.45, 7) is 1.08. The largest absolute Gasteiger partial charge is 0.484 e. The fraction of sp³-hybridized carbons (Fsp3) is 0.316. The third kappa shape index (κ3) is 3.15. The molecule has 0 aliphatic carbocycles. The van der Waals surface area contributed by atoms with E-state index in [9.17, 15) is 13.2 Å². The van der Waals surface area contributed by atoms with Gasteiger partial charge in [-0.15, -0.1) is 0 Å². The number of fused-ring (bicyclic) bond motifs is 2. The van der Waals surface area contributed by atoms with Gasteiger partial charge in [-0.2, -0.15) is 0 Å². The van der Waals surface area contributed by atoms with Crippen LogP contribution in [0, 0.1) is 0 Å².